The standard InChI is InChI=1S/C28H31ClN4O2/c1-2-25-24(18-20-8-10-23(29)11-9-20)27(31-26(30-25)21-6-4-3-5-7-21)32-13-15-33(16-14-32)28(34)22-12-17-35-19-22/h3-11,22H,2,12-19H2,1H3/t22-/m1/s1. The van der Waals surface area contributed by atoms with Gasteiger partial charge in [0.2, 0.25) is 5.91 Å². The Kier molecular flexibility index (Phi) is 7.30. The van der Waals surface area contributed by atoms with Gasteiger partial charge in [-0.2, -0.15) is 0 Å². The molecule has 2 aliphatic rings. The van der Waals surface area contributed by atoms with Gasteiger partial charge >= 0.3 is 0 Å². The molecule has 0 N–H and O–H groups in total. The third-order valence-electron chi connectivity index (χ3n) is 6.90. The lowest BCUT2D eigenvalue weighted by Gasteiger charge is -2.37. The van der Waals surface area contributed by atoms with Crippen molar-refractivity contribution in [3.8, 4) is 11.4 Å². The van der Waals surface area contributed by atoms with Crippen LogP contribution in [-0.4, -0.2) is 60.2 Å². The van der Waals surface area contributed by atoms with Gasteiger partial charge in [0.1, 0.15) is 5.82 Å². The maximum absolute atomic E-state index is 12.9. The predicted molar refractivity (Wildman–Crippen MR) is 139 cm³/mol. The molecule has 0 aliphatic carbocycles. The summed E-state index contributed by atoms with van der Waals surface area (Å²) >= 11 is 6.13. The Morgan fingerprint density at radius 2 is 1.77 bits per heavy atom. The average molecular weight is 491 g/mol. The summed E-state index contributed by atoms with van der Waals surface area (Å²) in [6, 6.07) is 18.1. The van der Waals surface area contributed by atoms with Crippen molar-refractivity contribution in [3.05, 3.63) is 76.4 Å². The fourth-order valence-corrected chi connectivity index (χ4v) is 5.03. The Morgan fingerprint density at radius 3 is 2.43 bits per heavy atom. The van der Waals surface area contributed by atoms with Gasteiger partial charge in [-0.1, -0.05) is 61.0 Å². The van der Waals surface area contributed by atoms with Gasteiger partial charge in [0, 0.05) is 61.1 Å². The number of nitrogens with zero attached hydrogens (tertiary/aromatic N) is 4. The lowest BCUT2D eigenvalue weighted by atomic mass is 10.0. The van der Waals surface area contributed by atoms with Crippen LogP contribution in [0.1, 0.15) is 30.2 Å². The van der Waals surface area contributed by atoms with Crippen molar-refractivity contribution >= 4 is 23.3 Å². The van der Waals surface area contributed by atoms with Crippen LogP contribution in [-0.2, 0) is 22.4 Å². The summed E-state index contributed by atoms with van der Waals surface area (Å²) in [5, 5.41) is 0.730. The minimum Gasteiger partial charge on any atom is -0.381 e. The monoisotopic (exact) mass is 490 g/mol. The molecule has 0 unspecified atom stereocenters. The van der Waals surface area contributed by atoms with E-state index >= 15 is 0 Å². The molecule has 7 heteroatoms. The highest BCUT2D eigenvalue weighted by molar-refractivity contribution is 6.30. The third kappa shape index (κ3) is 5.34. The molecule has 2 fully saturated rings. The molecule has 1 atom stereocenters. The van der Waals surface area contributed by atoms with Crippen LogP contribution in [0.3, 0.4) is 0 Å². The lowest BCUT2D eigenvalue weighted by molar-refractivity contribution is -0.135. The Hall–Kier alpha value is -2.96. The number of hydrogen-bond donors (Lipinski definition) is 0. The highest BCUT2D eigenvalue weighted by Gasteiger charge is 2.31. The zero-order chi connectivity index (χ0) is 24.2. The van der Waals surface area contributed by atoms with Crippen molar-refractivity contribution < 1.29 is 9.53 Å². The van der Waals surface area contributed by atoms with Crippen LogP contribution in [0, 0.1) is 5.92 Å². The zero-order valence-electron chi connectivity index (χ0n) is 20.1. The molecule has 3 aromatic rings. The number of benzene rings is 2. The summed E-state index contributed by atoms with van der Waals surface area (Å²) in [4.78, 5) is 27.3. The number of ether oxygens (including phenoxy) is 1. The molecule has 0 radical (unpaired) electrons. The normalized spacial score (nSPS) is 18.2. The van der Waals surface area contributed by atoms with Crippen LogP contribution < -0.4 is 4.90 Å². The first kappa shape index (κ1) is 23.8. The lowest BCUT2D eigenvalue weighted by Crippen LogP contribution is -2.51. The van der Waals surface area contributed by atoms with E-state index in [9.17, 15) is 4.79 Å². The third-order valence-corrected chi connectivity index (χ3v) is 7.15. The van der Waals surface area contributed by atoms with Crippen LogP contribution in [0.4, 0.5) is 5.82 Å². The molecule has 0 saturated carbocycles. The Balaban J connectivity index is 1.46. The fraction of sp³-hybridized carbons (Fsp3) is 0.393. The summed E-state index contributed by atoms with van der Waals surface area (Å²) in [5.74, 6) is 1.96. The van der Waals surface area contributed by atoms with Gasteiger partial charge in [0.05, 0.1) is 12.5 Å². The minimum absolute atomic E-state index is 0.0115. The van der Waals surface area contributed by atoms with Crippen LogP contribution in [0.2, 0.25) is 5.02 Å². The van der Waals surface area contributed by atoms with E-state index < -0.39 is 0 Å². The fourth-order valence-electron chi connectivity index (χ4n) is 4.90. The van der Waals surface area contributed by atoms with Gasteiger partial charge in [0.15, 0.2) is 5.82 Å². The number of amides is 1. The molecule has 0 bridgehead atoms. The molecule has 182 valence electrons. The van der Waals surface area contributed by atoms with Gasteiger partial charge in [-0.25, -0.2) is 9.97 Å². The highest BCUT2D eigenvalue weighted by atomic mass is 35.5. The smallest absolute Gasteiger partial charge is 0.228 e. The molecule has 2 aliphatic heterocycles. The quantitative estimate of drug-likeness (QED) is 0.504. The molecule has 2 saturated heterocycles. The van der Waals surface area contributed by atoms with E-state index in [0.717, 1.165) is 65.8 Å². The number of rotatable bonds is 6. The van der Waals surface area contributed by atoms with Gasteiger partial charge in [-0.15, -0.1) is 0 Å². The molecule has 2 aromatic carbocycles. The van der Waals surface area contributed by atoms with Crippen molar-refractivity contribution in [2.24, 2.45) is 5.92 Å². The Bertz CT molecular complexity index is 1160. The van der Waals surface area contributed by atoms with E-state index in [0.29, 0.717) is 26.3 Å². The summed E-state index contributed by atoms with van der Waals surface area (Å²) in [5.41, 5.74) is 4.40. The van der Waals surface area contributed by atoms with E-state index in [4.69, 9.17) is 26.3 Å². The SMILES string of the molecule is CCc1nc(-c2ccccc2)nc(N2CCN(C(=O)[C@@H]3CCOC3)CC2)c1Cc1ccc(Cl)cc1. The van der Waals surface area contributed by atoms with Gasteiger partial charge in [-0.3, -0.25) is 4.79 Å². The Labute approximate surface area is 211 Å². The van der Waals surface area contributed by atoms with E-state index in [2.05, 4.69) is 36.1 Å². The second-order valence-corrected chi connectivity index (χ2v) is 9.63. The maximum Gasteiger partial charge on any atom is 0.228 e. The number of halogens is 1. The number of aryl methyl sites for hydroxylation is 1. The van der Waals surface area contributed by atoms with Crippen molar-refractivity contribution in [3.63, 3.8) is 0 Å². The van der Waals surface area contributed by atoms with Crippen LogP contribution in [0.25, 0.3) is 11.4 Å². The predicted octanol–water partition coefficient (Wildman–Crippen LogP) is 4.64. The maximum atomic E-state index is 12.9. The largest absolute Gasteiger partial charge is 0.381 e. The second kappa shape index (κ2) is 10.8. The van der Waals surface area contributed by atoms with Crippen molar-refractivity contribution in [1.82, 2.24) is 14.9 Å². The van der Waals surface area contributed by atoms with Crippen molar-refractivity contribution in [2.75, 3.05) is 44.3 Å². The van der Waals surface area contributed by atoms with Gasteiger partial charge in [-0.05, 0) is 30.5 Å². The topological polar surface area (TPSA) is 58.6 Å². The number of carbonyl (C=O) groups is 1. The van der Waals surface area contributed by atoms with E-state index in [1.54, 1.807) is 0 Å². The van der Waals surface area contributed by atoms with E-state index in [1.165, 1.54) is 5.56 Å². The molecular formula is C28H31ClN4O2. The number of hydrogen-bond acceptors (Lipinski definition) is 5. The average Bonchev–Trinajstić information content (AvgIpc) is 3.45. The number of anilines is 1. The molecule has 35 heavy (non-hydrogen) atoms. The molecular weight excluding hydrogens is 460 g/mol. The van der Waals surface area contributed by atoms with Crippen molar-refractivity contribution in [2.45, 2.75) is 26.2 Å². The number of piperazine rings is 1. The second-order valence-electron chi connectivity index (χ2n) is 9.19. The Morgan fingerprint density at radius 1 is 1.03 bits per heavy atom. The first-order chi connectivity index (χ1) is 17.1. The summed E-state index contributed by atoms with van der Waals surface area (Å²) in [6.07, 6.45) is 2.39. The van der Waals surface area contributed by atoms with Crippen LogP contribution in [0.5, 0.6) is 0 Å². The number of aromatic nitrogens is 2. The van der Waals surface area contributed by atoms with E-state index in [-0.39, 0.29) is 11.8 Å². The summed E-state index contributed by atoms with van der Waals surface area (Å²) < 4.78 is 5.44. The molecule has 6 nitrogen and oxygen atoms in total. The van der Waals surface area contributed by atoms with Gasteiger partial charge < -0.3 is 14.5 Å². The van der Waals surface area contributed by atoms with Crippen LogP contribution in [0.15, 0.2) is 54.6 Å². The number of carbonyl (C=O) groups excluding carboxylic acids is 1. The summed E-state index contributed by atoms with van der Waals surface area (Å²) in [6.45, 7) is 6.28. The zero-order valence-corrected chi connectivity index (χ0v) is 20.9. The molecule has 3 heterocycles. The molecule has 1 amide bonds. The highest BCUT2D eigenvalue weighted by Crippen LogP contribution is 2.29. The molecule has 0 spiro atoms. The molecule has 5 rings (SSSR count). The first-order valence-electron chi connectivity index (χ1n) is 12.4. The first-order valence-corrected chi connectivity index (χ1v) is 12.8. The van der Waals surface area contributed by atoms with Gasteiger partial charge in [0.25, 0.3) is 0 Å². The van der Waals surface area contributed by atoms with Crippen molar-refractivity contribution in [1.29, 1.82) is 0 Å². The molecule has 1 aromatic heterocycles. The van der Waals surface area contributed by atoms with E-state index in [1.807, 2.05) is 35.2 Å². The minimum atomic E-state index is 0.0115. The van der Waals surface area contributed by atoms with Crippen LogP contribution >= 0.6 is 11.6 Å². The summed E-state index contributed by atoms with van der Waals surface area (Å²) in [7, 11) is 0.